The van der Waals surface area contributed by atoms with Gasteiger partial charge in [0.05, 0.1) is 5.75 Å². The Labute approximate surface area is 115 Å². The van der Waals surface area contributed by atoms with Crippen molar-refractivity contribution in [3.63, 3.8) is 0 Å². The molecular formula is C12H12ClNO2S2. The first-order valence-corrected chi connectivity index (χ1v) is 8.26. The lowest BCUT2D eigenvalue weighted by Crippen LogP contribution is -2.24. The van der Waals surface area contributed by atoms with Gasteiger partial charge in [-0.1, -0.05) is 29.8 Å². The molecule has 0 unspecified atom stereocenters. The smallest absolute Gasteiger partial charge is 0.212 e. The van der Waals surface area contributed by atoms with Crippen molar-refractivity contribution in [1.82, 2.24) is 4.72 Å². The molecule has 0 radical (unpaired) electrons. The predicted octanol–water partition coefficient (Wildman–Crippen LogP) is 3.02. The Hall–Kier alpha value is -0.880. The number of nitrogens with one attached hydrogen (secondary N) is 1. The van der Waals surface area contributed by atoms with Crippen molar-refractivity contribution in [3.05, 3.63) is 57.2 Å². The molecule has 18 heavy (non-hydrogen) atoms. The highest BCUT2D eigenvalue weighted by Gasteiger charge is 2.13. The molecule has 0 atom stereocenters. The van der Waals surface area contributed by atoms with Crippen molar-refractivity contribution >= 4 is 33.0 Å². The largest absolute Gasteiger partial charge is 0.216 e. The monoisotopic (exact) mass is 301 g/mol. The summed E-state index contributed by atoms with van der Waals surface area (Å²) in [7, 11) is -3.36. The molecule has 1 aromatic heterocycles. The van der Waals surface area contributed by atoms with Gasteiger partial charge in [-0.15, -0.1) is 0 Å². The summed E-state index contributed by atoms with van der Waals surface area (Å²) >= 11 is 7.48. The molecule has 0 bridgehead atoms. The molecule has 2 aromatic rings. The zero-order valence-corrected chi connectivity index (χ0v) is 11.9. The SMILES string of the molecule is O=S(=O)(Cc1ccccc1Cl)NCc1ccsc1. The first-order valence-electron chi connectivity index (χ1n) is 5.29. The number of hydrogen-bond donors (Lipinski definition) is 1. The van der Waals surface area contributed by atoms with E-state index in [0.29, 0.717) is 17.1 Å². The van der Waals surface area contributed by atoms with Gasteiger partial charge < -0.3 is 0 Å². The molecule has 0 aliphatic rings. The molecule has 6 heteroatoms. The normalized spacial score (nSPS) is 11.6. The van der Waals surface area contributed by atoms with Crippen molar-refractivity contribution in [1.29, 1.82) is 0 Å². The molecule has 0 fully saturated rings. The second kappa shape index (κ2) is 5.84. The summed E-state index contributed by atoms with van der Waals surface area (Å²) in [6.45, 7) is 0.316. The van der Waals surface area contributed by atoms with Crippen molar-refractivity contribution < 1.29 is 8.42 Å². The summed E-state index contributed by atoms with van der Waals surface area (Å²) in [6.07, 6.45) is 0. The first-order chi connectivity index (χ1) is 8.57. The predicted molar refractivity (Wildman–Crippen MR) is 75.2 cm³/mol. The average molecular weight is 302 g/mol. The van der Waals surface area contributed by atoms with Crippen LogP contribution in [0.3, 0.4) is 0 Å². The number of thiophene rings is 1. The number of hydrogen-bond acceptors (Lipinski definition) is 3. The third-order valence-corrected chi connectivity index (χ3v) is 4.76. The van der Waals surface area contributed by atoms with E-state index in [-0.39, 0.29) is 5.75 Å². The van der Waals surface area contributed by atoms with Crippen LogP contribution in [-0.4, -0.2) is 8.42 Å². The number of halogens is 1. The minimum absolute atomic E-state index is 0.100. The molecule has 0 aliphatic heterocycles. The minimum atomic E-state index is -3.36. The fraction of sp³-hybridized carbons (Fsp3) is 0.167. The molecule has 1 N–H and O–H groups in total. The maximum Gasteiger partial charge on any atom is 0.216 e. The topological polar surface area (TPSA) is 46.2 Å². The van der Waals surface area contributed by atoms with Crippen LogP contribution in [0.15, 0.2) is 41.1 Å². The Morgan fingerprint density at radius 2 is 2.00 bits per heavy atom. The van der Waals surface area contributed by atoms with Gasteiger partial charge in [0.15, 0.2) is 0 Å². The summed E-state index contributed by atoms with van der Waals surface area (Å²) in [4.78, 5) is 0. The van der Waals surface area contributed by atoms with Crippen LogP contribution in [0.2, 0.25) is 5.02 Å². The van der Waals surface area contributed by atoms with Gasteiger partial charge in [-0.3, -0.25) is 0 Å². The molecule has 0 amide bonds. The van der Waals surface area contributed by atoms with Crippen molar-refractivity contribution in [2.75, 3.05) is 0 Å². The number of sulfonamides is 1. The molecule has 2 rings (SSSR count). The third-order valence-electron chi connectivity index (χ3n) is 2.38. The molecule has 96 valence electrons. The first kappa shape index (κ1) is 13.5. The summed E-state index contributed by atoms with van der Waals surface area (Å²) in [6, 6.07) is 8.84. The fourth-order valence-corrected chi connectivity index (χ4v) is 3.56. The van der Waals surface area contributed by atoms with Gasteiger partial charge in [-0.05, 0) is 34.0 Å². The lowest BCUT2D eigenvalue weighted by molar-refractivity contribution is 0.580. The highest BCUT2D eigenvalue weighted by molar-refractivity contribution is 7.88. The highest BCUT2D eigenvalue weighted by Crippen LogP contribution is 2.17. The van der Waals surface area contributed by atoms with Crippen LogP contribution >= 0.6 is 22.9 Å². The Balaban J connectivity index is 2.02. The molecule has 0 saturated heterocycles. The summed E-state index contributed by atoms with van der Waals surface area (Å²) in [5.41, 5.74) is 1.57. The zero-order chi connectivity index (χ0) is 13.0. The fourth-order valence-electron chi connectivity index (χ4n) is 1.46. The van der Waals surface area contributed by atoms with Crippen LogP contribution in [0.25, 0.3) is 0 Å². The van der Waals surface area contributed by atoms with Gasteiger partial charge in [-0.2, -0.15) is 11.3 Å². The van der Waals surface area contributed by atoms with Crippen LogP contribution in [0.4, 0.5) is 0 Å². The van der Waals surface area contributed by atoms with E-state index in [9.17, 15) is 8.42 Å². The third kappa shape index (κ3) is 3.81. The summed E-state index contributed by atoms with van der Waals surface area (Å²) < 4.78 is 26.3. The molecule has 0 saturated carbocycles. The molecule has 3 nitrogen and oxygen atoms in total. The van der Waals surface area contributed by atoms with E-state index < -0.39 is 10.0 Å². The molecule has 1 aromatic carbocycles. The van der Waals surface area contributed by atoms with Crippen LogP contribution < -0.4 is 4.72 Å². The second-order valence-electron chi connectivity index (χ2n) is 3.80. The van der Waals surface area contributed by atoms with Gasteiger partial charge in [0, 0.05) is 11.6 Å². The van der Waals surface area contributed by atoms with Gasteiger partial charge in [0.25, 0.3) is 0 Å². The number of benzene rings is 1. The van der Waals surface area contributed by atoms with Crippen LogP contribution in [0.5, 0.6) is 0 Å². The quantitative estimate of drug-likeness (QED) is 0.923. The Bertz CT molecular complexity index is 609. The average Bonchev–Trinajstić information content (AvgIpc) is 2.83. The van der Waals surface area contributed by atoms with Crippen LogP contribution in [-0.2, 0) is 22.3 Å². The van der Waals surface area contributed by atoms with Gasteiger partial charge in [-0.25, -0.2) is 13.1 Å². The van der Waals surface area contributed by atoms with E-state index in [4.69, 9.17) is 11.6 Å². The van der Waals surface area contributed by atoms with Gasteiger partial charge in [0.2, 0.25) is 10.0 Å². The van der Waals surface area contributed by atoms with E-state index in [1.807, 2.05) is 16.8 Å². The molecule has 0 spiro atoms. The maximum atomic E-state index is 11.9. The zero-order valence-electron chi connectivity index (χ0n) is 9.47. The Morgan fingerprint density at radius 1 is 1.22 bits per heavy atom. The van der Waals surface area contributed by atoms with Crippen molar-refractivity contribution in [2.45, 2.75) is 12.3 Å². The van der Waals surface area contributed by atoms with Gasteiger partial charge in [0.1, 0.15) is 0 Å². The van der Waals surface area contributed by atoms with E-state index in [0.717, 1.165) is 5.56 Å². The highest BCUT2D eigenvalue weighted by atomic mass is 35.5. The number of rotatable bonds is 5. The molecule has 0 aliphatic carbocycles. The van der Waals surface area contributed by atoms with Crippen molar-refractivity contribution in [2.24, 2.45) is 0 Å². The maximum absolute atomic E-state index is 11.9. The van der Waals surface area contributed by atoms with Crippen LogP contribution in [0, 0.1) is 0 Å². The van der Waals surface area contributed by atoms with E-state index in [1.165, 1.54) is 0 Å². The van der Waals surface area contributed by atoms with Crippen molar-refractivity contribution in [3.8, 4) is 0 Å². The van der Waals surface area contributed by atoms with E-state index in [1.54, 1.807) is 35.6 Å². The lowest BCUT2D eigenvalue weighted by atomic mass is 10.2. The minimum Gasteiger partial charge on any atom is -0.212 e. The lowest BCUT2D eigenvalue weighted by Gasteiger charge is -2.07. The standard InChI is InChI=1S/C12H12ClNO2S2/c13-12-4-2-1-3-11(12)9-18(15,16)14-7-10-5-6-17-8-10/h1-6,8,14H,7,9H2. The summed E-state index contributed by atoms with van der Waals surface area (Å²) in [5.74, 6) is -0.100. The Morgan fingerprint density at radius 3 is 2.67 bits per heavy atom. The van der Waals surface area contributed by atoms with Gasteiger partial charge >= 0.3 is 0 Å². The van der Waals surface area contributed by atoms with E-state index in [2.05, 4.69) is 4.72 Å². The second-order valence-corrected chi connectivity index (χ2v) is 6.80. The van der Waals surface area contributed by atoms with E-state index >= 15 is 0 Å². The molecular weight excluding hydrogens is 290 g/mol. The molecule has 1 heterocycles. The van der Waals surface area contributed by atoms with Crippen LogP contribution in [0.1, 0.15) is 11.1 Å². The summed E-state index contributed by atoms with van der Waals surface area (Å²) in [5, 5.41) is 4.30. The Kier molecular flexibility index (Phi) is 4.40.